The lowest BCUT2D eigenvalue weighted by Gasteiger charge is -2.11. The van der Waals surface area contributed by atoms with Crippen LogP contribution >= 0.6 is 0 Å². The van der Waals surface area contributed by atoms with Gasteiger partial charge in [-0.15, -0.1) is 0 Å². The van der Waals surface area contributed by atoms with E-state index in [1.165, 1.54) is 53.8 Å². The van der Waals surface area contributed by atoms with Gasteiger partial charge in [0.15, 0.2) is 0 Å². The Morgan fingerprint density at radius 1 is 1.00 bits per heavy atom. The van der Waals surface area contributed by atoms with Crippen molar-refractivity contribution in [2.45, 2.75) is 45.4 Å². The van der Waals surface area contributed by atoms with Gasteiger partial charge in [-0.2, -0.15) is 0 Å². The van der Waals surface area contributed by atoms with Crippen molar-refractivity contribution in [2.75, 3.05) is 0 Å². The van der Waals surface area contributed by atoms with Gasteiger partial charge in [0.25, 0.3) is 0 Å². The van der Waals surface area contributed by atoms with Gasteiger partial charge in [-0.25, -0.2) is 0 Å². The Bertz CT molecular complexity index is 557. The van der Waals surface area contributed by atoms with E-state index in [9.17, 15) is 0 Å². The monoisotopic (exact) mass is 251 g/mol. The largest absolute Gasteiger partial charge is 0.257 e. The number of fused-ring (bicyclic) bond motifs is 1. The number of rotatable bonds is 2. The normalized spacial score (nSPS) is 14.8. The first kappa shape index (κ1) is 12.4. The Balaban J connectivity index is 1.91. The molecule has 1 aliphatic rings. The van der Waals surface area contributed by atoms with Gasteiger partial charge in [0.05, 0.1) is 0 Å². The number of hydrogen-bond acceptors (Lipinski definition) is 1. The first-order chi connectivity index (χ1) is 9.33. The predicted octanol–water partition coefficient (Wildman–Crippen LogP) is 4.25. The van der Waals surface area contributed by atoms with Crippen molar-refractivity contribution in [3.63, 3.8) is 0 Å². The maximum absolute atomic E-state index is 4.97. The average molecular weight is 251 g/mol. The van der Waals surface area contributed by atoms with Crippen molar-refractivity contribution >= 4 is 0 Å². The van der Waals surface area contributed by atoms with Crippen LogP contribution in [0.15, 0.2) is 36.4 Å². The van der Waals surface area contributed by atoms with Gasteiger partial charge in [0, 0.05) is 17.8 Å². The minimum Gasteiger partial charge on any atom is -0.257 e. The lowest BCUT2D eigenvalue weighted by atomic mass is 10.0. The standard InChI is InChI=1S/C18H21N/c1-14-12-16-10-6-3-7-11-17(16)19-18(14)13-15-8-4-2-5-9-15/h2,4-5,8-9,12H,3,6-7,10-11,13H2,1H3. The zero-order valence-corrected chi connectivity index (χ0v) is 11.7. The predicted molar refractivity (Wildman–Crippen MR) is 79.5 cm³/mol. The first-order valence-corrected chi connectivity index (χ1v) is 7.35. The van der Waals surface area contributed by atoms with Crippen molar-refractivity contribution in [2.24, 2.45) is 0 Å². The summed E-state index contributed by atoms with van der Waals surface area (Å²) in [4.78, 5) is 4.97. The van der Waals surface area contributed by atoms with Crippen LogP contribution in [-0.2, 0) is 19.3 Å². The summed E-state index contributed by atoms with van der Waals surface area (Å²) in [7, 11) is 0. The Morgan fingerprint density at radius 2 is 1.79 bits per heavy atom. The molecule has 0 unspecified atom stereocenters. The molecule has 1 aromatic heterocycles. The zero-order valence-electron chi connectivity index (χ0n) is 11.7. The smallest absolute Gasteiger partial charge is 0.0480 e. The summed E-state index contributed by atoms with van der Waals surface area (Å²) in [5, 5.41) is 0. The summed E-state index contributed by atoms with van der Waals surface area (Å²) in [5.74, 6) is 0. The molecule has 1 aromatic carbocycles. The van der Waals surface area contributed by atoms with Gasteiger partial charge in [0.1, 0.15) is 0 Å². The van der Waals surface area contributed by atoms with E-state index in [-0.39, 0.29) is 0 Å². The molecule has 0 spiro atoms. The van der Waals surface area contributed by atoms with Crippen LogP contribution in [0.1, 0.15) is 47.3 Å². The lowest BCUT2D eigenvalue weighted by molar-refractivity contribution is 0.708. The quantitative estimate of drug-likeness (QED) is 0.727. The van der Waals surface area contributed by atoms with Crippen molar-refractivity contribution in [3.05, 3.63) is 64.5 Å². The molecule has 2 aromatic rings. The molecule has 0 bridgehead atoms. The first-order valence-electron chi connectivity index (χ1n) is 7.35. The third-order valence-electron chi connectivity index (χ3n) is 4.06. The van der Waals surface area contributed by atoms with E-state index in [1.54, 1.807) is 0 Å². The molecule has 0 atom stereocenters. The molecule has 1 heteroatoms. The van der Waals surface area contributed by atoms with Gasteiger partial charge in [0.2, 0.25) is 0 Å². The molecule has 19 heavy (non-hydrogen) atoms. The number of hydrogen-bond donors (Lipinski definition) is 0. The molecule has 0 amide bonds. The van der Waals surface area contributed by atoms with E-state index in [0.717, 1.165) is 12.8 Å². The Morgan fingerprint density at radius 3 is 2.63 bits per heavy atom. The Hall–Kier alpha value is -1.63. The van der Waals surface area contributed by atoms with Gasteiger partial charge >= 0.3 is 0 Å². The SMILES string of the molecule is Cc1cc2c(nc1Cc1ccccc1)CCCCC2. The number of aryl methyl sites for hydroxylation is 3. The van der Waals surface area contributed by atoms with Crippen molar-refractivity contribution < 1.29 is 0 Å². The Labute approximate surface area is 115 Å². The molecular weight excluding hydrogens is 230 g/mol. The van der Waals surface area contributed by atoms with Crippen LogP contribution in [0.3, 0.4) is 0 Å². The summed E-state index contributed by atoms with van der Waals surface area (Å²) < 4.78 is 0. The molecule has 0 radical (unpaired) electrons. The fourth-order valence-corrected chi connectivity index (χ4v) is 2.94. The van der Waals surface area contributed by atoms with Crippen LogP contribution in [0.4, 0.5) is 0 Å². The van der Waals surface area contributed by atoms with Crippen LogP contribution in [0.2, 0.25) is 0 Å². The second-order valence-electron chi connectivity index (χ2n) is 5.58. The second kappa shape index (κ2) is 5.56. The van der Waals surface area contributed by atoms with Crippen molar-refractivity contribution in [1.29, 1.82) is 0 Å². The highest BCUT2D eigenvalue weighted by molar-refractivity contribution is 5.34. The van der Waals surface area contributed by atoms with Gasteiger partial charge in [-0.1, -0.05) is 42.8 Å². The molecule has 1 aliphatic carbocycles. The summed E-state index contributed by atoms with van der Waals surface area (Å²) in [6.07, 6.45) is 7.32. The summed E-state index contributed by atoms with van der Waals surface area (Å²) >= 11 is 0. The number of nitrogens with zero attached hydrogens (tertiary/aromatic N) is 1. The van der Waals surface area contributed by atoms with E-state index < -0.39 is 0 Å². The zero-order chi connectivity index (χ0) is 13.1. The Kier molecular flexibility index (Phi) is 3.63. The third-order valence-corrected chi connectivity index (χ3v) is 4.06. The molecular formula is C18H21N. The number of pyridine rings is 1. The fraction of sp³-hybridized carbons (Fsp3) is 0.389. The van der Waals surface area contributed by atoms with Crippen LogP contribution in [-0.4, -0.2) is 4.98 Å². The number of aromatic nitrogens is 1. The van der Waals surface area contributed by atoms with Crippen LogP contribution < -0.4 is 0 Å². The molecule has 1 heterocycles. The molecule has 1 nitrogen and oxygen atoms in total. The minimum absolute atomic E-state index is 0.958. The van der Waals surface area contributed by atoms with Crippen LogP contribution in [0, 0.1) is 6.92 Å². The maximum Gasteiger partial charge on any atom is 0.0480 e. The summed E-state index contributed by atoms with van der Waals surface area (Å²) in [6, 6.07) is 13.0. The number of benzene rings is 1. The van der Waals surface area contributed by atoms with Gasteiger partial charge in [-0.3, -0.25) is 4.98 Å². The molecule has 3 rings (SSSR count). The van der Waals surface area contributed by atoms with E-state index in [0.29, 0.717) is 0 Å². The van der Waals surface area contributed by atoms with Crippen molar-refractivity contribution in [1.82, 2.24) is 4.98 Å². The molecule has 0 saturated carbocycles. The van der Waals surface area contributed by atoms with E-state index in [2.05, 4.69) is 43.3 Å². The average Bonchev–Trinajstić information content (AvgIpc) is 2.65. The topological polar surface area (TPSA) is 12.9 Å². The van der Waals surface area contributed by atoms with E-state index in [1.807, 2.05) is 0 Å². The highest BCUT2D eigenvalue weighted by Crippen LogP contribution is 2.22. The minimum atomic E-state index is 0.958. The molecule has 0 N–H and O–H groups in total. The highest BCUT2D eigenvalue weighted by atomic mass is 14.7. The van der Waals surface area contributed by atoms with Crippen molar-refractivity contribution in [3.8, 4) is 0 Å². The molecule has 0 fully saturated rings. The molecule has 0 saturated heterocycles. The summed E-state index contributed by atoms with van der Waals surface area (Å²) in [6.45, 7) is 2.20. The van der Waals surface area contributed by atoms with E-state index >= 15 is 0 Å². The van der Waals surface area contributed by atoms with Gasteiger partial charge in [-0.05, 0) is 49.3 Å². The highest BCUT2D eigenvalue weighted by Gasteiger charge is 2.12. The van der Waals surface area contributed by atoms with Crippen LogP contribution in [0.5, 0.6) is 0 Å². The maximum atomic E-state index is 4.97. The van der Waals surface area contributed by atoms with E-state index in [4.69, 9.17) is 4.98 Å². The summed E-state index contributed by atoms with van der Waals surface area (Å²) in [5.41, 5.74) is 6.81. The van der Waals surface area contributed by atoms with Gasteiger partial charge < -0.3 is 0 Å². The lowest BCUT2D eigenvalue weighted by Crippen LogP contribution is -2.03. The molecule has 98 valence electrons. The third kappa shape index (κ3) is 2.86. The van der Waals surface area contributed by atoms with Crippen LogP contribution in [0.25, 0.3) is 0 Å². The fourth-order valence-electron chi connectivity index (χ4n) is 2.94. The second-order valence-corrected chi connectivity index (χ2v) is 5.58. The molecule has 0 aliphatic heterocycles.